The highest BCUT2D eigenvalue weighted by Gasteiger charge is 1.93. The van der Waals surface area contributed by atoms with E-state index in [4.69, 9.17) is 0 Å². The number of hydrogen-bond acceptors (Lipinski definition) is 2. The summed E-state index contributed by atoms with van der Waals surface area (Å²) in [7, 11) is 0. The van der Waals surface area contributed by atoms with Crippen LogP contribution in [0, 0.1) is 0 Å². The molecule has 8 heavy (non-hydrogen) atoms. The lowest BCUT2D eigenvalue weighted by Crippen LogP contribution is -2.22. The lowest BCUT2D eigenvalue weighted by Gasteiger charge is -2.14. The summed E-state index contributed by atoms with van der Waals surface area (Å²) < 4.78 is 0. The van der Waals surface area contributed by atoms with Crippen LogP contribution in [0.3, 0.4) is 0 Å². The zero-order valence-corrected chi connectivity index (χ0v) is 6.62. The third kappa shape index (κ3) is 3.33. The SMILES string of the molecule is CCCN(CC)CS. The topological polar surface area (TPSA) is 3.24 Å². The molecule has 0 aliphatic heterocycles. The molecule has 1 nitrogen and oxygen atoms in total. The van der Waals surface area contributed by atoms with Gasteiger partial charge in [-0.25, -0.2) is 0 Å². The van der Waals surface area contributed by atoms with Crippen LogP contribution in [0.15, 0.2) is 0 Å². The normalized spacial score (nSPS) is 10.5. The van der Waals surface area contributed by atoms with Crippen molar-refractivity contribution in [2.45, 2.75) is 20.3 Å². The molecule has 0 fully saturated rings. The Bertz CT molecular complexity index is 43.8. The van der Waals surface area contributed by atoms with Crippen molar-refractivity contribution in [2.24, 2.45) is 0 Å². The molecule has 0 bridgehead atoms. The maximum Gasteiger partial charge on any atom is 0.0414 e. The molecule has 0 amide bonds. The summed E-state index contributed by atoms with van der Waals surface area (Å²) in [5.74, 6) is 0.893. The summed E-state index contributed by atoms with van der Waals surface area (Å²) in [6, 6.07) is 0. The summed E-state index contributed by atoms with van der Waals surface area (Å²) in [5, 5.41) is 0. The van der Waals surface area contributed by atoms with Crippen LogP contribution in [-0.2, 0) is 0 Å². The molecule has 50 valence electrons. The summed E-state index contributed by atoms with van der Waals surface area (Å²) in [4.78, 5) is 2.29. The smallest absolute Gasteiger partial charge is 0.0414 e. The number of hydrogen-bond donors (Lipinski definition) is 1. The van der Waals surface area contributed by atoms with Gasteiger partial charge in [-0.2, -0.15) is 12.6 Å². The van der Waals surface area contributed by atoms with Gasteiger partial charge in [0.05, 0.1) is 0 Å². The van der Waals surface area contributed by atoms with Gasteiger partial charge in [0.2, 0.25) is 0 Å². The Hall–Kier alpha value is 0.310. The number of nitrogens with zero attached hydrogens (tertiary/aromatic N) is 1. The van der Waals surface area contributed by atoms with E-state index in [0.29, 0.717) is 0 Å². The molecule has 0 aromatic rings. The quantitative estimate of drug-likeness (QED) is 0.450. The largest absolute Gasteiger partial charge is 0.295 e. The highest BCUT2D eigenvalue weighted by atomic mass is 32.1. The zero-order chi connectivity index (χ0) is 6.41. The standard InChI is InChI=1S/C6H15NS/c1-3-5-7(4-2)6-8/h8H,3-6H2,1-2H3. The molecule has 0 N–H and O–H groups in total. The second kappa shape index (κ2) is 5.45. The van der Waals surface area contributed by atoms with E-state index in [1.807, 2.05) is 0 Å². The first kappa shape index (κ1) is 8.31. The Morgan fingerprint density at radius 2 is 2.00 bits per heavy atom. The van der Waals surface area contributed by atoms with Crippen molar-refractivity contribution >= 4 is 12.6 Å². The van der Waals surface area contributed by atoms with E-state index >= 15 is 0 Å². The molecule has 0 atom stereocenters. The molecule has 0 saturated carbocycles. The second-order valence-electron chi connectivity index (χ2n) is 1.85. The lowest BCUT2D eigenvalue weighted by atomic mass is 10.4. The first-order valence-electron chi connectivity index (χ1n) is 3.18. The molecular weight excluding hydrogens is 118 g/mol. The maximum absolute atomic E-state index is 4.16. The van der Waals surface area contributed by atoms with Crippen LogP contribution in [-0.4, -0.2) is 23.9 Å². The van der Waals surface area contributed by atoms with Crippen molar-refractivity contribution in [3.63, 3.8) is 0 Å². The molecule has 0 unspecified atom stereocenters. The summed E-state index contributed by atoms with van der Waals surface area (Å²) in [6.07, 6.45) is 1.23. The molecule has 0 aliphatic carbocycles. The van der Waals surface area contributed by atoms with Crippen LogP contribution in [0.2, 0.25) is 0 Å². The van der Waals surface area contributed by atoms with Crippen molar-refractivity contribution in [3.05, 3.63) is 0 Å². The van der Waals surface area contributed by atoms with E-state index in [1.54, 1.807) is 0 Å². The predicted octanol–water partition coefficient (Wildman–Crippen LogP) is 1.61. The fourth-order valence-electron chi connectivity index (χ4n) is 0.645. The minimum absolute atomic E-state index is 0.893. The van der Waals surface area contributed by atoms with Gasteiger partial charge in [0, 0.05) is 5.88 Å². The van der Waals surface area contributed by atoms with Gasteiger partial charge in [0.25, 0.3) is 0 Å². The average Bonchev–Trinajstić information content (AvgIpc) is 1.83. The molecule has 0 spiro atoms. The van der Waals surface area contributed by atoms with E-state index in [9.17, 15) is 0 Å². The van der Waals surface area contributed by atoms with Gasteiger partial charge in [-0.1, -0.05) is 13.8 Å². The fourth-order valence-corrected chi connectivity index (χ4v) is 0.986. The maximum atomic E-state index is 4.16. The highest BCUT2D eigenvalue weighted by molar-refractivity contribution is 7.80. The first-order valence-corrected chi connectivity index (χ1v) is 3.81. The van der Waals surface area contributed by atoms with Crippen molar-refractivity contribution in [1.29, 1.82) is 0 Å². The zero-order valence-electron chi connectivity index (χ0n) is 5.72. The van der Waals surface area contributed by atoms with E-state index in [-0.39, 0.29) is 0 Å². The third-order valence-corrected chi connectivity index (χ3v) is 1.59. The van der Waals surface area contributed by atoms with Gasteiger partial charge in [0.15, 0.2) is 0 Å². The van der Waals surface area contributed by atoms with E-state index < -0.39 is 0 Å². The lowest BCUT2D eigenvalue weighted by molar-refractivity contribution is 0.340. The molecular formula is C6H15NS. The number of thiol groups is 1. The van der Waals surface area contributed by atoms with Crippen LogP contribution in [0.25, 0.3) is 0 Å². The Labute approximate surface area is 57.5 Å². The Morgan fingerprint density at radius 3 is 2.12 bits per heavy atom. The summed E-state index contributed by atoms with van der Waals surface area (Å²) >= 11 is 4.16. The minimum atomic E-state index is 0.893. The first-order chi connectivity index (χ1) is 3.85. The summed E-state index contributed by atoms with van der Waals surface area (Å²) in [6.45, 7) is 6.65. The van der Waals surface area contributed by atoms with Crippen molar-refractivity contribution in [3.8, 4) is 0 Å². The van der Waals surface area contributed by atoms with Crippen LogP contribution in [0.5, 0.6) is 0 Å². The van der Waals surface area contributed by atoms with Gasteiger partial charge in [-0.15, -0.1) is 0 Å². The predicted molar refractivity (Wildman–Crippen MR) is 41.4 cm³/mol. The third-order valence-electron chi connectivity index (χ3n) is 1.19. The van der Waals surface area contributed by atoms with Crippen LogP contribution in [0.4, 0.5) is 0 Å². The van der Waals surface area contributed by atoms with Gasteiger partial charge >= 0.3 is 0 Å². The molecule has 0 heterocycles. The molecule has 0 aliphatic rings. The van der Waals surface area contributed by atoms with Crippen molar-refractivity contribution in [2.75, 3.05) is 19.0 Å². The Morgan fingerprint density at radius 1 is 1.38 bits per heavy atom. The molecule has 0 saturated heterocycles. The molecule has 0 aromatic carbocycles. The molecule has 0 radical (unpaired) electrons. The number of rotatable bonds is 4. The highest BCUT2D eigenvalue weighted by Crippen LogP contribution is 1.90. The summed E-state index contributed by atoms with van der Waals surface area (Å²) in [5.41, 5.74) is 0. The van der Waals surface area contributed by atoms with E-state index in [0.717, 1.165) is 12.4 Å². The molecule has 2 heteroatoms. The molecule has 0 aromatic heterocycles. The Kier molecular flexibility index (Phi) is 5.66. The van der Waals surface area contributed by atoms with Gasteiger partial charge in [-0.3, -0.25) is 4.90 Å². The van der Waals surface area contributed by atoms with Crippen molar-refractivity contribution in [1.82, 2.24) is 4.90 Å². The van der Waals surface area contributed by atoms with E-state index in [1.165, 1.54) is 13.0 Å². The monoisotopic (exact) mass is 133 g/mol. The average molecular weight is 133 g/mol. The van der Waals surface area contributed by atoms with Crippen LogP contribution < -0.4 is 0 Å². The van der Waals surface area contributed by atoms with Gasteiger partial charge in [0.1, 0.15) is 0 Å². The minimum Gasteiger partial charge on any atom is -0.295 e. The van der Waals surface area contributed by atoms with Crippen LogP contribution >= 0.6 is 12.6 Å². The second-order valence-corrected chi connectivity index (χ2v) is 2.13. The van der Waals surface area contributed by atoms with Crippen molar-refractivity contribution < 1.29 is 0 Å². The molecule has 0 rings (SSSR count). The van der Waals surface area contributed by atoms with E-state index in [2.05, 4.69) is 31.4 Å². The van der Waals surface area contributed by atoms with Gasteiger partial charge in [-0.05, 0) is 19.5 Å². The van der Waals surface area contributed by atoms with Gasteiger partial charge < -0.3 is 0 Å². The fraction of sp³-hybridized carbons (Fsp3) is 1.00. The Balaban J connectivity index is 3.07. The van der Waals surface area contributed by atoms with Crippen LogP contribution in [0.1, 0.15) is 20.3 Å².